The normalized spacial score (nSPS) is 15.5. The van der Waals surface area contributed by atoms with Crippen LogP contribution in [0.25, 0.3) is 66.8 Å². The van der Waals surface area contributed by atoms with Crippen molar-refractivity contribution >= 4 is 17.1 Å². The highest BCUT2D eigenvalue weighted by molar-refractivity contribution is 5.98. The molecule has 0 aliphatic heterocycles. The maximum absolute atomic E-state index is 5.16. The molecule has 0 bridgehead atoms. The van der Waals surface area contributed by atoms with E-state index in [1.54, 1.807) is 0 Å². The number of nitrogens with one attached hydrogen (secondary N) is 1. The predicted octanol–water partition coefficient (Wildman–Crippen LogP) is 15.9. The molecule has 2 nitrogen and oxygen atoms in total. The number of allylic oxidation sites excluding steroid dienone is 4. The van der Waals surface area contributed by atoms with Crippen LogP contribution >= 0.6 is 0 Å². The molecule has 0 spiro atoms. The summed E-state index contributed by atoms with van der Waals surface area (Å²) in [4.78, 5) is 5.16. The van der Waals surface area contributed by atoms with Gasteiger partial charge in [0.05, 0.1) is 5.69 Å². The maximum atomic E-state index is 5.16. The van der Waals surface area contributed by atoms with E-state index >= 15 is 0 Å². The molecule has 1 unspecified atom stereocenters. The lowest BCUT2D eigenvalue weighted by molar-refractivity contribution is 0.515. The van der Waals surface area contributed by atoms with Gasteiger partial charge in [-0.05, 0) is 177 Å². The smallest absolute Gasteiger partial charge is 0.0633 e. The largest absolute Gasteiger partial charge is 0.359 e. The number of benzene rings is 8. The molecule has 0 fully saturated rings. The first-order valence-corrected chi connectivity index (χ1v) is 21.2. The fourth-order valence-electron chi connectivity index (χ4n) is 8.73. The van der Waals surface area contributed by atoms with E-state index in [-0.39, 0.29) is 0 Å². The van der Waals surface area contributed by atoms with Crippen molar-refractivity contribution < 1.29 is 0 Å². The van der Waals surface area contributed by atoms with Crippen molar-refractivity contribution in [3.8, 4) is 66.8 Å². The predicted molar refractivity (Wildman–Crippen MR) is 254 cm³/mol. The van der Waals surface area contributed by atoms with Crippen LogP contribution in [-0.2, 0) is 0 Å². The van der Waals surface area contributed by atoms with E-state index in [2.05, 4.69) is 224 Å². The molecule has 8 aromatic carbocycles. The van der Waals surface area contributed by atoms with Crippen LogP contribution in [0.3, 0.4) is 0 Å². The van der Waals surface area contributed by atoms with Gasteiger partial charge in [0.2, 0.25) is 0 Å². The van der Waals surface area contributed by atoms with E-state index in [1.807, 2.05) is 0 Å². The number of rotatable bonds is 9. The fraction of sp³-hybridized carbons (Fsp3) is 0.0862. The SMILES string of the molecule is C1=C(Nc2ccc(-c3cc(-c4ccccc4)cc(-c4ccccc4)c3)cc2)CCC2CCC(=Nc3ccc(-c4cc(-c5ccccc5)cc(-c5ccccc5)c4)cc3)C=C12. The van der Waals surface area contributed by atoms with Gasteiger partial charge in [-0.1, -0.05) is 146 Å². The van der Waals surface area contributed by atoms with Crippen LogP contribution in [-0.4, -0.2) is 5.71 Å². The highest BCUT2D eigenvalue weighted by Gasteiger charge is 2.24. The fourth-order valence-corrected chi connectivity index (χ4v) is 8.73. The Morgan fingerprint density at radius 1 is 0.350 bits per heavy atom. The lowest BCUT2D eigenvalue weighted by atomic mass is 9.79. The number of fused-ring (bicyclic) bond motifs is 1. The van der Waals surface area contributed by atoms with Crippen LogP contribution in [0.15, 0.2) is 235 Å². The average molecular weight is 771 g/mol. The summed E-state index contributed by atoms with van der Waals surface area (Å²) in [6.07, 6.45) is 9.07. The van der Waals surface area contributed by atoms with Gasteiger partial charge in [0.25, 0.3) is 0 Å². The number of aliphatic imine (C=N–C) groups is 1. The summed E-state index contributed by atoms with van der Waals surface area (Å²) < 4.78 is 0. The molecule has 60 heavy (non-hydrogen) atoms. The molecule has 0 saturated carbocycles. The first-order chi connectivity index (χ1) is 29.7. The number of hydrogen-bond acceptors (Lipinski definition) is 2. The minimum atomic E-state index is 0.589. The summed E-state index contributed by atoms with van der Waals surface area (Å²) in [5.74, 6) is 0.589. The Labute approximate surface area is 354 Å². The van der Waals surface area contributed by atoms with Crippen molar-refractivity contribution in [1.29, 1.82) is 0 Å². The summed E-state index contributed by atoms with van der Waals surface area (Å²) in [5.41, 5.74) is 20.5. The van der Waals surface area contributed by atoms with E-state index in [0.29, 0.717) is 5.92 Å². The molecule has 1 atom stereocenters. The van der Waals surface area contributed by atoms with Gasteiger partial charge in [0.15, 0.2) is 0 Å². The van der Waals surface area contributed by atoms with E-state index in [9.17, 15) is 0 Å². The summed E-state index contributed by atoms with van der Waals surface area (Å²) in [5, 5.41) is 3.76. The molecule has 0 saturated heterocycles. The minimum absolute atomic E-state index is 0.589. The van der Waals surface area contributed by atoms with Crippen molar-refractivity contribution in [3.63, 3.8) is 0 Å². The first-order valence-electron chi connectivity index (χ1n) is 21.2. The molecule has 0 heterocycles. The van der Waals surface area contributed by atoms with Gasteiger partial charge in [0.1, 0.15) is 0 Å². The molecule has 288 valence electrons. The van der Waals surface area contributed by atoms with Crippen LogP contribution in [0.1, 0.15) is 25.7 Å². The summed E-state index contributed by atoms with van der Waals surface area (Å²) in [6, 6.07) is 74.1. The van der Waals surface area contributed by atoms with Gasteiger partial charge in [0, 0.05) is 17.1 Å². The van der Waals surface area contributed by atoms with Crippen molar-refractivity contribution in [1.82, 2.24) is 0 Å². The van der Waals surface area contributed by atoms with Crippen molar-refractivity contribution in [3.05, 3.63) is 230 Å². The molecule has 2 aliphatic carbocycles. The zero-order chi connectivity index (χ0) is 40.1. The van der Waals surface area contributed by atoms with Gasteiger partial charge in [-0.2, -0.15) is 0 Å². The highest BCUT2D eigenvalue weighted by Crippen LogP contribution is 2.38. The second-order valence-corrected chi connectivity index (χ2v) is 16.0. The van der Waals surface area contributed by atoms with Gasteiger partial charge < -0.3 is 5.32 Å². The molecule has 8 aromatic rings. The Morgan fingerprint density at radius 2 is 0.717 bits per heavy atom. The second kappa shape index (κ2) is 16.9. The Hall–Kier alpha value is -7.29. The van der Waals surface area contributed by atoms with Gasteiger partial charge >= 0.3 is 0 Å². The van der Waals surface area contributed by atoms with Gasteiger partial charge in [-0.15, -0.1) is 0 Å². The number of hydrogen-bond donors (Lipinski definition) is 1. The van der Waals surface area contributed by atoms with Crippen molar-refractivity contribution in [2.45, 2.75) is 25.7 Å². The second-order valence-electron chi connectivity index (χ2n) is 16.0. The van der Waals surface area contributed by atoms with Crippen LogP contribution < -0.4 is 5.32 Å². The minimum Gasteiger partial charge on any atom is -0.359 e. The maximum Gasteiger partial charge on any atom is 0.0633 e. The Kier molecular flexibility index (Phi) is 10.4. The molecule has 0 aromatic heterocycles. The molecule has 2 heteroatoms. The van der Waals surface area contributed by atoms with Gasteiger partial charge in [-0.3, -0.25) is 4.99 Å². The van der Waals surface area contributed by atoms with E-state index in [1.165, 1.54) is 78.0 Å². The van der Waals surface area contributed by atoms with Crippen LogP contribution in [0, 0.1) is 5.92 Å². The van der Waals surface area contributed by atoms with Crippen molar-refractivity contribution in [2.75, 3.05) is 5.32 Å². The summed E-state index contributed by atoms with van der Waals surface area (Å²) >= 11 is 0. The molecule has 10 rings (SSSR count). The van der Waals surface area contributed by atoms with Gasteiger partial charge in [-0.25, -0.2) is 0 Å². The lowest BCUT2D eigenvalue weighted by Gasteiger charge is -2.29. The standard InChI is InChI=1S/C58H46N2/c1-5-13-41(14-6-1)48-33-49(42-15-7-2-8-16-42)36-52(35-48)45-21-27-55(28-22-45)59-57-31-25-47-26-32-58(40-54(47)39-57)60-56-29-23-46(24-30-56)53-37-50(43-17-9-3-10-18-43)34-51(38-53)44-19-11-4-12-20-44/h1-24,27-30,33-40,47,59H,25-26,31-32H2. The highest BCUT2D eigenvalue weighted by atomic mass is 14.9. The Morgan fingerprint density at radius 3 is 1.13 bits per heavy atom. The Balaban J connectivity index is 0.867. The zero-order valence-corrected chi connectivity index (χ0v) is 33.6. The lowest BCUT2D eigenvalue weighted by Crippen LogP contribution is -2.18. The number of anilines is 1. The zero-order valence-electron chi connectivity index (χ0n) is 33.6. The summed E-state index contributed by atoms with van der Waals surface area (Å²) in [6.45, 7) is 0. The van der Waals surface area contributed by atoms with Crippen LogP contribution in [0.2, 0.25) is 0 Å². The average Bonchev–Trinajstić information content (AvgIpc) is 3.33. The quantitative estimate of drug-likeness (QED) is 0.155. The van der Waals surface area contributed by atoms with E-state index in [4.69, 9.17) is 4.99 Å². The first kappa shape index (κ1) is 37.0. The van der Waals surface area contributed by atoms with E-state index < -0.39 is 0 Å². The Bertz CT molecular complexity index is 2720. The molecular weight excluding hydrogens is 725 g/mol. The topological polar surface area (TPSA) is 24.4 Å². The molecule has 1 N–H and O–H groups in total. The molecule has 2 aliphatic rings. The summed E-state index contributed by atoms with van der Waals surface area (Å²) in [7, 11) is 0. The third-order valence-corrected chi connectivity index (χ3v) is 11.9. The third kappa shape index (κ3) is 8.32. The van der Waals surface area contributed by atoms with E-state index in [0.717, 1.165) is 42.8 Å². The monoisotopic (exact) mass is 770 g/mol. The molecular formula is C58H46N2. The molecule has 0 radical (unpaired) electrons. The molecule has 0 amide bonds. The van der Waals surface area contributed by atoms with Crippen LogP contribution in [0.5, 0.6) is 0 Å². The van der Waals surface area contributed by atoms with Crippen LogP contribution in [0.4, 0.5) is 11.4 Å². The van der Waals surface area contributed by atoms with Crippen molar-refractivity contribution in [2.24, 2.45) is 10.9 Å². The number of nitrogens with zero attached hydrogens (tertiary/aromatic N) is 1. The third-order valence-electron chi connectivity index (χ3n) is 11.9.